The molecule has 1 aromatic rings. The van der Waals surface area contributed by atoms with Crippen LogP contribution in [0.4, 0.5) is 20.7 Å². The summed E-state index contributed by atoms with van der Waals surface area (Å²) in [5.41, 5.74) is 4.60. The first kappa shape index (κ1) is 17.6. The Morgan fingerprint density at radius 3 is 2.67 bits per heavy atom. The van der Waals surface area contributed by atoms with Crippen LogP contribution >= 0.6 is 0 Å². The van der Waals surface area contributed by atoms with Crippen LogP contribution in [0.2, 0.25) is 0 Å². The van der Waals surface area contributed by atoms with Crippen LogP contribution in [0.1, 0.15) is 32.8 Å². The van der Waals surface area contributed by atoms with Gasteiger partial charge < -0.3 is 15.4 Å². The lowest BCUT2D eigenvalue weighted by molar-refractivity contribution is -0.384. The van der Waals surface area contributed by atoms with Crippen molar-refractivity contribution in [2.45, 2.75) is 32.8 Å². The summed E-state index contributed by atoms with van der Waals surface area (Å²) in [5.74, 6) is -1.15. The summed E-state index contributed by atoms with van der Waals surface area (Å²) in [6.45, 7) is 5.71. The van der Waals surface area contributed by atoms with Crippen molar-refractivity contribution in [2.24, 2.45) is 0 Å². The van der Waals surface area contributed by atoms with Gasteiger partial charge in [-0.1, -0.05) is 6.08 Å². The minimum atomic E-state index is -0.812. The first-order chi connectivity index (χ1) is 11.1. The first-order valence-electron chi connectivity index (χ1n) is 7.36. The average Bonchev–Trinajstić information content (AvgIpc) is 2.47. The van der Waals surface area contributed by atoms with E-state index in [0.29, 0.717) is 5.57 Å². The zero-order valence-corrected chi connectivity index (χ0v) is 13.7. The number of carbonyl (C=O) groups is 1. The molecule has 0 saturated carbocycles. The van der Waals surface area contributed by atoms with E-state index >= 15 is 0 Å². The number of rotatable bonds is 2. The van der Waals surface area contributed by atoms with Gasteiger partial charge in [0.05, 0.1) is 16.7 Å². The minimum Gasteiger partial charge on any atom is -0.444 e. The third-order valence-electron chi connectivity index (χ3n) is 3.40. The third-order valence-corrected chi connectivity index (χ3v) is 3.40. The number of halogens is 1. The summed E-state index contributed by atoms with van der Waals surface area (Å²) in [6, 6.07) is 0. The SMILES string of the molecule is CC(C)(C)OC(=O)N1CC=C(c2c(F)cnc(N)c2[N+](=O)[O-])CC1. The van der Waals surface area contributed by atoms with E-state index in [4.69, 9.17) is 10.5 Å². The molecule has 0 fully saturated rings. The standard InChI is InChI=1S/C15H19FN4O4/c1-15(2,3)24-14(21)19-6-4-9(5-7-19)11-10(16)8-18-13(17)12(11)20(22)23/h4,8H,5-7H2,1-3H3,(H2,17,18). The van der Waals surface area contributed by atoms with Crippen LogP contribution < -0.4 is 5.73 Å². The Kier molecular flexibility index (Phi) is 4.72. The highest BCUT2D eigenvalue weighted by molar-refractivity contribution is 5.79. The van der Waals surface area contributed by atoms with Crippen molar-refractivity contribution in [1.29, 1.82) is 0 Å². The van der Waals surface area contributed by atoms with Crippen molar-refractivity contribution < 1.29 is 18.8 Å². The van der Waals surface area contributed by atoms with Crippen LogP contribution in [-0.4, -0.2) is 39.6 Å². The number of ether oxygens (including phenoxy) is 1. The molecule has 0 aliphatic carbocycles. The molecule has 1 amide bonds. The van der Waals surface area contributed by atoms with Gasteiger partial charge in [0.25, 0.3) is 0 Å². The molecular formula is C15H19FN4O4. The monoisotopic (exact) mass is 338 g/mol. The highest BCUT2D eigenvalue weighted by atomic mass is 19.1. The lowest BCUT2D eigenvalue weighted by Crippen LogP contribution is -2.39. The number of pyridine rings is 1. The summed E-state index contributed by atoms with van der Waals surface area (Å²) in [4.78, 5) is 27.4. The van der Waals surface area contributed by atoms with Gasteiger partial charge >= 0.3 is 11.8 Å². The Balaban J connectivity index is 2.27. The van der Waals surface area contributed by atoms with Crippen molar-refractivity contribution in [2.75, 3.05) is 18.8 Å². The molecule has 8 nitrogen and oxygen atoms in total. The maximum atomic E-state index is 14.1. The lowest BCUT2D eigenvalue weighted by atomic mass is 9.98. The molecule has 0 atom stereocenters. The second kappa shape index (κ2) is 6.42. The predicted octanol–water partition coefficient (Wildman–Crippen LogP) is 2.74. The molecule has 1 aromatic heterocycles. The summed E-state index contributed by atoms with van der Waals surface area (Å²) >= 11 is 0. The van der Waals surface area contributed by atoms with Crippen LogP contribution in [-0.2, 0) is 4.74 Å². The van der Waals surface area contributed by atoms with E-state index in [-0.39, 0.29) is 30.9 Å². The number of nitrogens with zero attached hydrogens (tertiary/aromatic N) is 3. The van der Waals surface area contributed by atoms with E-state index in [1.54, 1.807) is 26.8 Å². The number of hydrogen-bond acceptors (Lipinski definition) is 6. The Hall–Kier alpha value is -2.71. The Morgan fingerprint density at radius 1 is 1.50 bits per heavy atom. The number of carbonyl (C=O) groups excluding carboxylic acids is 1. The second-order valence-electron chi connectivity index (χ2n) is 6.38. The van der Waals surface area contributed by atoms with Crippen LogP contribution in [0.15, 0.2) is 12.3 Å². The number of nitro groups is 1. The number of hydrogen-bond donors (Lipinski definition) is 1. The smallest absolute Gasteiger partial charge is 0.410 e. The Labute approximate surface area is 138 Å². The summed E-state index contributed by atoms with van der Waals surface area (Å²) in [6.07, 6.45) is 2.19. The van der Waals surface area contributed by atoms with Gasteiger partial charge in [-0.3, -0.25) is 10.1 Å². The summed E-state index contributed by atoms with van der Waals surface area (Å²) in [5, 5.41) is 11.2. The molecule has 1 aliphatic rings. The van der Waals surface area contributed by atoms with Crippen LogP contribution in [0, 0.1) is 15.9 Å². The Bertz CT molecular complexity index is 712. The molecule has 130 valence electrons. The molecule has 0 radical (unpaired) electrons. The summed E-state index contributed by atoms with van der Waals surface area (Å²) in [7, 11) is 0. The van der Waals surface area contributed by atoms with Crippen molar-refractivity contribution >= 4 is 23.2 Å². The fraction of sp³-hybridized carbons (Fsp3) is 0.467. The zero-order valence-electron chi connectivity index (χ0n) is 13.7. The Morgan fingerprint density at radius 2 is 2.17 bits per heavy atom. The molecule has 0 spiro atoms. The van der Waals surface area contributed by atoms with E-state index in [0.717, 1.165) is 6.20 Å². The first-order valence-corrected chi connectivity index (χ1v) is 7.36. The molecule has 0 unspecified atom stereocenters. The van der Waals surface area contributed by atoms with Crippen LogP contribution in [0.3, 0.4) is 0 Å². The zero-order chi connectivity index (χ0) is 18.1. The number of nitrogen functional groups attached to an aromatic ring is 1. The molecule has 1 aliphatic heterocycles. The van der Waals surface area contributed by atoms with Crippen LogP contribution in [0.5, 0.6) is 0 Å². The minimum absolute atomic E-state index is 0.170. The average molecular weight is 338 g/mol. The topological polar surface area (TPSA) is 112 Å². The van der Waals surface area contributed by atoms with Gasteiger partial charge in [0.1, 0.15) is 5.60 Å². The van der Waals surface area contributed by atoms with Gasteiger partial charge in [-0.25, -0.2) is 14.2 Å². The van der Waals surface area contributed by atoms with Crippen molar-refractivity contribution in [3.8, 4) is 0 Å². The fourth-order valence-corrected chi connectivity index (χ4v) is 2.37. The molecule has 0 aromatic carbocycles. The molecule has 0 saturated heterocycles. The fourth-order valence-electron chi connectivity index (χ4n) is 2.37. The number of anilines is 1. The lowest BCUT2D eigenvalue weighted by Gasteiger charge is -2.29. The highest BCUT2D eigenvalue weighted by Gasteiger charge is 2.30. The van der Waals surface area contributed by atoms with E-state index in [1.807, 2.05) is 0 Å². The number of aromatic nitrogens is 1. The highest BCUT2D eigenvalue weighted by Crippen LogP contribution is 2.35. The van der Waals surface area contributed by atoms with Gasteiger partial charge in [0, 0.05) is 13.1 Å². The molecular weight excluding hydrogens is 319 g/mol. The van der Waals surface area contributed by atoms with Gasteiger partial charge in [-0.05, 0) is 32.8 Å². The number of nitrogens with two attached hydrogens (primary N) is 1. The van der Waals surface area contributed by atoms with Crippen molar-refractivity contribution in [3.63, 3.8) is 0 Å². The van der Waals surface area contributed by atoms with Crippen molar-refractivity contribution in [3.05, 3.63) is 33.8 Å². The van der Waals surface area contributed by atoms with E-state index in [2.05, 4.69) is 4.98 Å². The van der Waals surface area contributed by atoms with Gasteiger partial charge in [-0.2, -0.15) is 0 Å². The second-order valence-corrected chi connectivity index (χ2v) is 6.38. The van der Waals surface area contributed by atoms with Gasteiger partial charge in [0.15, 0.2) is 5.82 Å². The van der Waals surface area contributed by atoms with E-state index in [1.165, 1.54) is 4.90 Å². The van der Waals surface area contributed by atoms with E-state index < -0.39 is 28.1 Å². The normalized spacial score (nSPS) is 15.0. The molecule has 24 heavy (non-hydrogen) atoms. The summed E-state index contributed by atoms with van der Waals surface area (Å²) < 4.78 is 19.4. The maximum absolute atomic E-state index is 14.1. The maximum Gasteiger partial charge on any atom is 0.410 e. The number of amides is 1. The molecule has 2 rings (SSSR count). The molecule has 2 heterocycles. The van der Waals surface area contributed by atoms with Crippen molar-refractivity contribution in [1.82, 2.24) is 9.88 Å². The van der Waals surface area contributed by atoms with E-state index in [9.17, 15) is 19.3 Å². The predicted molar refractivity (Wildman–Crippen MR) is 85.7 cm³/mol. The molecule has 0 bridgehead atoms. The molecule has 2 N–H and O–H groups in total. The van der Waals surface area contributed by atoms with Gasteiger partial charge in [0.2, 0.25) is 5.82 Å². The largest absolute Gasteiger partial charge is 0.444 e. The molecule has 9 heteroatoms. The van der Waals surface area contributed by atoms with Crippen LogP contribution in [0.25, 0.3) is 5.57 Å². The van der Waals surface area contributed by atoms with Gasteiger partial charge in [-0.15, -0.1) is 0 Å². The third kappa shape index (κ3) is 3.79. The quantitative estimate of drug-likeness (QED) is 0.655.